The molecule has 0 N–H and O–H groups in total. The van der Waals surface area contributed by atoms with Crippen LogP contribution < -0.4 is 4.74 Å². The summed E-state index contributed by atoms with van der Waals surface area (Å²) in [6.45, 7) is 4.78. The summed E-state index contributed by atoms with van der Waals surface area (Å²) in [4.78, 5) is 13.9. The summed E-state index contributed by atoms with van der Waals surface area (Å²) in [5, 5.41) is 5.32. The van der Waals surface area contributed by atoms with Crippen LogP contribution in [0, 0.1) is 6.92 Å². The molecule has 0 aliphatic carbocycles. The lowest BCUT2D eigenvalue weighted by Gasteiger charge is -2.21. The standard InChI is InChI=1S/C22H24ClN3O3/c1-16-21(15-25(17(2)27)13-14-28-3)22(29-20-11-9-18(23)10-12-20)26(24-16)19-7-5-4-6-8-19/h4-12H,13-15H2,1-3H3. The predicted molar refractivity (Wildman–Crippen MR) is 113 cm³/mol. The molecule has 0 bridgehead atoms. The molecule has 6 nitrogen and oxygen atoms in total. The number of carbonyl (C=O) groups is 1. The first-order valence-electron chi connectivity index (χ1n) is 9.31. The van der Waals surface area contributed by atoms with E-state index in [-0.39, 0.29) is 5.91 Å². The highest BCUT2D eigenvalue weighted by Crippen LogP contribution is 2.32. The van der Waals surface area contributed by atoms with Crippen molar-refractivity contribution >= 4 is 17.5 Å². The van der Waals surface area contributed by atoms with Crippen molar-refractivity contribution in [3.8, 4) is 17.3 Å². The van der Waals surface area contributed by atoms with Gasteiger partial charge in [-0.3, -0.25) is 4.79 Å². The van der Waals surface area contributed by atoms with E-state index in [2.05, 4.69) is 5.10 Å². The largest absolute Gasteiger partial charge is 0.439 e. The molecule has 1 amide bonds. The average Bonchev–Trinajstić information content (AvgIpc) is 3.02. The number of methoxy groups -OCH3 is 1. The fraction of sp³-hybridized carbons (Fsp3) is 0.273. The Labute approximate surface area is 175 Å². The van der Waals surface area contributed by atoms with Crippen molar-refractivity contribution in [1.29, 1.82) is 0 Å². The Morgan fingerprint density at radius 1 is 1.14 bits per heavy atom. The Kier molecular flexibility index (Phi) is 6.90. The molecule has 0 aliphatic heterocycles. The number of benzene rings is 2. The molecule has 1 heterocycles. The van der Waals surface area contributed by atoms with Crippen molar-refractivity contribution in [3.63, 3.8) is 0 Å². The van der Waals surface area contributed by atoms with Gasteiger partial charge in [0.25, 0.3) is 0 Å². The molecule has 2 aromatic carbocycles. The number of nitrogens with zero attached hydrogens (tertiary/aromatic N) is 3. The number of ether oxygens (including phenoxy) is 2. The zero-order valence-corrected chi connectivity index (χ0v) is 17.5. The molecule has 0 atom stereocenters. The highest BCUT2D eigenvalue weighted by molar-refractivity contribution is 6.30. The Balaban J connectivity index is 2.03. The highest BCUT2D eigenvalue weighted by Gasteiger charge is 2.22. The first-order chi connectivity index (χ1) is 14.0. The van der Waals surface area contributed by atoms with Crippen LogP contribution in [0.3, 0.4) is 0 Å². The van der Waals surface area contributed by atoms with E-state index in [1.165, 1.54) is 0 Å². The summed E-state index contributed by atoms with van der Waals surface area (Å²) in [7, 11) is 1.62. The van der Waals surface area contributed by atoms with Crippen LogP contribution in [0.4, 0.5) is 0 Å². The number of aryl methyl sites for hydroxylation is 1. The van der Waals surface area contributed by atoms with Crippen molar-refractivity contribution in [2.75, 3.05) is 20.3 Å². The average molecular weight is 414 g/mol. The van der Waals surface area contributed by atoms with Gasteiger partial charge in [-0.25, -0.2) is 4.68 Å². The summed E-state index contributed by atoms with van der Waals surface area (Å²) in [6, 6.07) is 16.9. The van der Waals surface area contributed by atoms with E-state index >= 15 is 0 Å². The lowest BCUT2D eigenvalue weighted by molar-refractivity contribution is -0.130. The van der Waals surface area contributed by atoms with Gasteiger partial charge in [0, 0.05) is 25.6 Å². The zero-order chi connectivity index (χ0) is 20.8. The van der Waals surface area contributed by atoms with E-state index in [4.69, 9.17) is 21.1 Å². The van der Waals surface area contributed by atoms with Crippen LogP contribution >= 0.6 is 11.6 Å². The molecule has 3 aromatic rings. The van der Waals surface area contributed by atoms with Gasteiger partial charge in [-0.2, -0.15) is 5.10 Å². The van der Waals surface area contributed by atoms with Gasteiger partial charge in [0.1, 0.15) is 5.75 Å². The van der Waals surface area contributed by atoms with Gasteiger partial charge in [-0.05, 0) is 43.3 Å². The van der Waals surface area contributed by atoms with Crippen LogP contribution in [0.15, 0.2) is 54.6 Å². The molecule has 7 heteroatoms. The molecular formula is C22H24ClN3O3. The Bertz CT molecular complexity index is 955. The zero-order valence-electron chi connectivity index (χ0n) is 16.8. The minimum Gasteiger partial charge on any atom is -0.439 e. The number of para-hydroxylation sites is 1. The van der Waals surface area contributed by atoms with Gasteiger partial charge in [0.2, 0.25) is 11.8 Å². The molecular weight excluding hydrogens is 390 g/mol. The van der Waals surface area contributed by atoms with Crippen molar-refractivity contribution in [2.45, 2.75) is 20.4 Å². The normalized spacial score (nSPS) is 10.8. The van der Waals surface area contributed by atoms with E-state index in [1.54, 1.807) is 47.9 Å². The van der Waals surface area contributed by atoms with Gasteiger partial charge in [0.05, 0.1) is 30.1 Å². The number of hydrogen-bond donors (Lipinski definition) is 0. The van der Waals surface area contributed by atoms with Gasteiger partial charge in [-0.1, -0.05) is 29.8 Å². The molecule has 29 heavy (non-hydrogen) atoms. The Morgan fingerprint density at radius 3 is 2.45 bits per heavy atom. The lowest BCUT2D eigenvalue weighted by Crippen LogP contribution is -2.31. The number of amides is 1. The maximum absolute atomic E-state index is 12.1. The van der Waals surface area contributed by atoms with Crippen LogP contribution in [-0.4, -0.2) is 40.8 Å². The van der Waals surface area contributed by atoms with E-state index in [0.717, 1.165) is 16.9 Å². The van der Waals surface area contributed by atoms with Crippen molar-refractivity contribution < 1.29 is 14.3 Å². The van der Waals surface area contributed by atoms with E-state index in [9.17, 15) is 4.79 Å². The van der Waals surface area contributed by atoms with Crippen molar-refractivity contribution in [2.24, 2.45) is 0 Å². The van der Waals surface area contributed by atoms with Crippen LogP contribution in [0.1, 0.15) is 18.2 Å². The summed E-state index contributed by atoms with van der Waals surface area (Å²) >= 11 is 6.00. The maximum Gasteiger partial charge on any atom is 0.227 e. The molecule has 0 spiro atoms. The van der Waals surface area contributed by atoms with E-state index in [0.29, 0.717) is 36.3 Å². The molecule has 0 unspecified atom stereocenters. The van der Waals surface area contributed by atoms with Crippen molar-refractivity contribution in [1.82, 2.24) is 14.7 Å². The minimum absolute atomic E-state index is 0.0358. The first kappa shape index (κ1) is 20.9. The number of aromatic nitrogens is 2. The number of hydrogen-bond acceptors (Lipinski definition) is 4. The summed E-state index contributed by atoms with van der Waals surface area (Å²) in [5.74, 6) is 1.17. The summed E-state index contributed by atoms with van der Waals surface area (Å²) in [5.41, 5.74) is 2.51. The lowest BCUT2D eigenvalue weighted by atomic mass is 10.2. The third kappa shape index (κ3) is 5.16. The summed E-state index contributed by atoms with van der Waals surface area (Å²) in [6.07, 6.45) is 0. The second kappa shape index (κ2) is 9.58. The molecule has 0 aliphatic rings. The molecule has 0 saturated carbocycles. The van der Waals surface area contributed by atoms with Gasteiger partial charge in [-0.15, -0.1) is 0 Å². The SMILES string of the molecule is COCCN(Cc1c(C)nn(-c2ccccc2)c1Oc1ccc(Cl)cc1)C(C)=O. The van der Waals surface area contributed by atoms with E-state index < -0.39 is 0 Å². The second-order valence-corrected chi connectivity index (χ2v) is 7.04. The topological polar surface area (TPSA) is 56.6 Å². The smallest absolute Gasteiger partial charge is 0.227 e. The van der Waals surface area contributed by atoms with Crippen LogP contribution in [0.5, 0.6) is 11.6 Å². The predicted octanol–water partition coefficient (Wildman–Crippen LogP) is 4.62. The van der Waals surface area contributed by atoms with E-state index in [1.807, 2.05) is 37.3 Å². The molecule has 3 rings (SSSR count). The fourth-order valence-corrected chi connectivity index (χ4v) is 3.05. The summed E-state index contributed by atoms with van der Waals surface area (Å²) < 4.78 is 13.1. The number of halogens is 1. The highest BCUT2D eigenvalue weighted by atomic mass is 35.5. The molecule has 0 fully saturated rings. The molecule has 1 aromatic heterocycles. The quantitative estimate of drug-likeness (QED) is 0.540. The maximum atomic E-state index is 12.1. The van der Waals surface area contributed by atoms with Crippen LogP contribution in [-0.2, 0) is 16.1 Å². The van der Waals surface area contributed by atoms with Crippen LogP contribution in [0.2, 0.25) is 5.02 Å². The number of rotatable bonds is 8. The minimum atomic E-state index is -0.0358. The Morgan fingerprint density at radius 2 is 1.83 bits per heavy atom. The van der Waals surface area contributed by atoms with Gasteiger partial charge < -0.3 is 14.4 Å². The monoisotopic (exact) mass is 413 g/mol. The Hall–Kier alpha value is -2.83. The fourth-order valence-electron chi connectivity index (χ4n) is 2.92. The third-order valence-electron chi connectivity index (χ3n) is 4.53. The third-order valence-corrected chi connectivity index (χ3v) is 4.78. The van der Waals surface area contributed by atoms with Crippen molar-refractivity contribution in [3.05, 3.63) is 70.9 Å². The molecule has 152 valence electrons. The first-order valence-corrected chi connectivity index (χ1v) is 9.69. The number of carbonyl (C=O) groups excluding carboxylic acids is 1. The van der Waals surface area contributed by atoms with Gasteiger partial charge >= 0.3 is 0 Å². The van der Waals surface area contributed by atoms with Crippen LogP contribution in [0.25, 0.3) is 5.69 Å². The second-order valence-electron chi connectivity index (χ2n) is 6.61. The van der Waals surface area contributed by atoms with Gasteiger partial charge in [0.15, 0.2) is 0 Å². The molecule has 0 saturated heterocycles. The molecule has 0 radical (unpaired) electrons.